The molecule has 45 nitrogen and oxygen atoms in total. The van der Waals surface area contributed by atoms with Crippen LogP contribution in [-0.4, -0.2) is 501 Å². The van der Waals surface area contributed by atoms with Gasteiger partial charge in [-0.2, -0.15) is 0 Å². The van der Waals surface area contributed by atoms with E-state index in [-0.39, 0.29) is 131 Å². The van der Waals surface area contributed by atoms with E-state index in [9.17, 15) is 33.9 Å². The predicted octanol–water partition coefficient (Wildman–Crippen LogP) is -2.18. The van der Waals surface area contributed by atoms with Crippen molar-refractivity contribution >= 4 is 35.6 Å². The molecule has 0 saturated heterocycles. The Morgan fingerprint density at radius 3 is 0.500 bits per heavy atom. The fraction of sp³-hybridized carbons (Fsp3) is 0.926. The highest BCUT2D eigenvalue weighted by atomic mass is 16.6. The van der Waals surface area contributed by atoms with Gasteiger partial charge in [-0.15, -0.1) is 0 Å². The zero-order valence-corrected chi connectivity index (χ0v) is 75.1. The van der Waals surface area contributed by atoms with Crippen LogP contribution in [-0.2, 0) is 180 Å². The largest absolute Gasteiger partial charge is 0.481 e. The fourth-order valence-electron chi connectivity index (χ4n) is 9.36. The third-order valence-corrected chi connectivity index (χ3v) is 15.7. The van der Waals surface area contributed by atoms with Crippen LogP contribution < -0.4 is 27.0 Å². The fourth-order valence-corrected chi connectivity index (χ4v) is 9.36. The van der Waals surface area contributed by atoms with Gasteiger partial charge in [0, 0.05) is 52.4 Å². The van der Waals surface area contributed by atoms with Gasteiger partial charge >= 0.3 is 11.9 Å². The predicted molar refractivity (Wildman–Crippen MR) is 449 cm³/mol. The van der Waals surface area contributed by atoms with E-state index in [1.165, 1.54) is 0 Å². The van der Waals surface area contributed by atoms with Gasteiger partial charge in [0.05, 0.1) is 416 Å². The summed E-state index contributed by atoms with van der Waals surface area (Å²) in [7, 11) is 1.64. The number of hydrogen-bond donors (Lipinski definition) is 7. The molecule has 0 spiro atoms. The van der Waals surface area contributed by atoms with Crippen LogP contribution in [0.25, 0.3) is 0 Å². The molecular weight excluding hydrogens is 1680 g/mol. The van der Waals surface area contributed by atoms with Crippen LogP contribution >= 0.6 is 0 Å². The van der Waals surface area contributed by atoms with Gasteiger partial charge in [-0.3, -0.25) is 28.8 Å². The molecule has 0 aromatic carbocycles. The molecule has 2 unspecified atom stereocenters. The van der Waals surface area contributed by atoms with E-state index in [1.54, 1.807) is 7.11 Å². The molecular formula is C81H157N5O40. The van der Waals surface area contributed by atoms with Gasteiger partial charge in [0.15, 0.2) is 0 Å². The van der Waals surface area contributed by atoms with Crippen molar-refractivity contribution < 1.29 is 191 Å². The Morgan fingerprint density at radius 1 is 0.206 bits per heavy atom. The number of aliphatic carboxylic acids is 2. The van der Waals surface area contributed by atoms with Crippen LogP contribution in [0.4, 0.5) is 0 Å². The summed E-state index contributed by atoms with van der Waals surface area (Å²) in [5.74, 6) is -4.28. The minimum Gasteiger partial charge on any atom is -0.481 e. The van der Waals surface area contributed by atoms with E-state index in [2.05, 4.69) is 21.3 Å². The number of nitrogens with two attached hydrogens (primary N) is 1. The summed E-state index contributed by atoms with van der Waals surface area (Å²) >= 11 is 0. The lowest BCUT2D eigenvalue weighted by Crippen LogP contribution is -2.47. The lowest BCUT2D eigenvalue weighted by Gasteiger charge is -2.18. The molecule has 0 aromatic heterocycles. The topological polar surface area (TPSA) is 512 Å². The molecule has 0 fully saturated rings. The Bertz CT molecular complexity index is 2290. The Morgan fingerprint density at radius 2 is 0.349 bits per heavy atom. The van der Waals surface area contributed by atoms with Crippen molar-refractivity contribution in [1.82, 2.24) is 21.3 Å². The number of amides is 4. The first-order valence-corrected chi connectivity index (χ1v) is 43.8. The first kappa shape index (κ1) is 122. The number of carboxylic acid groups (broad SMARTS) is 2. The quantitative estimate of drug-likeness (QED) is 0.0318. The van der Waals surface area contributed by atoms with Crippen LogP contribution in [0.15, 0.2) is 0 Å². The van der Waals surface area contributed by atoms with Crippen LogP contribution in [0.3, 0.4) is 0 Å². The zero-order chi connectivity index (χ0) is 91.0. The Balaban J connectivity index is 3.50. The highest BCUT2D eigenvalue weighted by Gasteiger charge is 2.23. The van der Waals surface area contributed by atoms with Gasteiger partial charge in [-0.1, -0.05) is 0 Å². The molecule has 0 radical (unpaired) electrons. The molecule has 2 atom stereocenters. The molecule has 45 heteroatoms. The zero-order valence-electron chi connectivity index (χ0n) is 75.1. The number of carboxylic acids is 2. The third-order valence-electron chi connectivity index (χ3n) is 15.7. The summed E-state index contributed by atoms with van der Waals surface area (Å²) in [6.07, 6.45) is -0.984. The van der Waals surface area contributed by atoms with Crippen molar-refractivity contribution in [3.05, 3.63) is 0 Å². The molecule has 0 aliphatic heterocycles. The number of methoxy groups -OCH3 is 1. The molecule has 8 N–H and O–H groups in total. The molecule has 0 rings (SSSR count). The molecule has 0 heterocycles. The Kier molecular flexibility index (Phi) is 102. The van der Waals surface area contributed by atoms with E-state index in [4.69, 9.17) is 162 Å². The minimum absolute atomic E-state index is 0.0347. The van der Waals surface area contributed by atoms with Crippen LogP contribution in [0.5, 0.6) is 0 Å². The number of ether oxygens (including phenoxy) is 32. The average molecular weight is 1840 g/mol. The van der Waals surface area contributed by atoms with E-state index < -0.39 is 47.7 Å². The highest BCUT2D eigenvalue weighted by Crippen LogP contribution is 2.03. The summed E-state index contributed by atoms with van der Waals surface area (Å²) in [4.78, 5) is 73.1. The van der Waals surface area contributed by atoms with Gasteiger partial charge in [-0.25, -0.2) is 0 Å². The smallest absolute Gasteiger partial charge is 0.303 e. The number of carbonyl (C=O) groups is 6. The molecule has 4 amide bonds. The van der Waals surface area contributed by atoms with Crippen molar-refractivity contribution in [2.45, 2.75) is 50.6 Å². The molecule has 0 aliphatic rings. The van der Waals surface area contributed by atoms with Crippen LogP contribution in [0.1, 0.15) is 38.5 Å². The van der Waals surface area contributed by atoms with Crippen molar-refractivity contribution in [2.75, 3.05) is 443 Å². The maximum atomic E-state index is 12.9. The Labute approximate surface area is 744 Å². The van der Waals surface area contributed by atoms with Gasteiger partial charge < -0.3 is 189 Å². The van der Waals surface area contributed by atoms with Gasteiger partial charge in [0.25, 0.3) is 0 Å². The van der Waals surface area contributed by atoms with Gasteiger partial charge in [0.1, 0.15) is 12.1 Å². The summed E-state index contributed by atoms with van der Waals surface area (Å²) < 4.78 is 175. The summed E-state index contributed by atoms with van der Waals surface area (Å²) in [6.45, 7) is 26.2. The molecule has 746 valence electrons. The molecule has 0 aliphatic carbocycles. The van der Waals surface area contributed by atoms with Crippen molar-refractivity contribution in [1.29, 1.82) is 0 Å². The normalized spacial score (nSPS) is 12.0. The number of hydrogen-bond acceptors (Lipinski definition) is 39. The van der Waals surface area contributed by atoms with Crippen LogP contribution in [0, 0.1) is 0 Å². The second-order valence-electron chi connectivity index (χ2n) is 26.0. The number of rotatable bonds is 111. The molecule has 0 aromatic rings. The first-order valence-electron chi connectivity index (χ1n) is 43.8. The summed E-state index contributed by atoms with van der Waals surface area (Å²) in [5.41, 5.74) is 5.35. The summed E-state index contributed by atoms with van der Waals surface area (Å²) in [6, 6.07) is -2.13. The maximum absolute atomic E-state index is 12.9. The average Bonchev–Trinajstić information content (AvgIpc) is 0.921. The second kappa shape index (κ2) is 106. The highest BCUT2D eigenvalue weighted by molar-refractivity contribution is 5.88. The second-order valence-corrected chi connectivity index (χ2v) is 26.0. The van der Waals surface area contributed by atoms with Crippen LogP contribution in [0.2, 0.25) is 0 Å². The summed E-state index contributed by atoms with van der Waals surface area (Å²) in [5, 5.41) is 28.8. The van der Waals surface area contributed by atoms with Crippen molar-refractivity contribution in [3.63, 3.8) is 0 Å². The maximum Gasteiger partial charge on any atom is 0.303 e. The molecule has 0 saturated carbocycles. The van der Waals surface area contributed by atoms with E-state index in [0.29, 0.717) is 343 Å². The van der Waals surface area contributed by atoms with Crippen molar-refractivity contribution in [2.24, 2.45) is 5.73 Å². The Hall–Kier alpha value is -4.50. The monoisotopic (exact) mass is 1840 g/mol. The van der Waals surface area contributed by atoms with E-state index in [0.717, 1.165) is 0 Å². The standard InChI is InChI=1S/C81H157N5O40/c1-95-16-17-101-28-29-107-36-37-109-40-41-111-44-45-113-48-49-115-52-53-117-56-57-119-60-61-121-64-65-123-68-69-125-72-73-126-71-70-124-67-66-122-63-62-120-59-58-118-55-54-116-51-50-114-47-46-112-43-42-110-39-38-108-35-34-106-27-22-100-15-10-84-81(94)75(3-5-79(91)92)86-77(88)7-12-97-19-24-103-31-33-105-26-21-99-14-9-83-80(93)74(2-4-78(89)90)85-76(87)6-11-96-18-23-102-30-32-104-25-20-98-13-8-82/h74-75H,2-73,82H2,1H3,(H,83,93)(H,84,94)(H,85,87)(H,86,88)(H,89,90)(H,91,92). The van der Waals surface area contributed by atoms with Gasteiger partial charge in [-0.05, 0) is 12.8 Å². The van der Waals surface area contributed by atoms with E-state index in [1.807, 2.05) is 0 Å². The third kappa shape index (κ3) is 102. The number of carbonyl (C=O) groups excluding carboxylic acids is 4. The molecule has 0 bridgehead atoms. The lowest BCUT2D eigenvalue weighted by atomic mass is 10.1. The minimum atomic E-state index is -1.11. The van der Waals surface area contributed by atoms with Gasteiger partial charge in [0.2, 0.25) is 23.6 Å². The van der Waals surface area contributed by atoms with Crippen molar-refractivity contribution in [3.8, 4) is 0 Å². The lowest BCUT2D eigenvalue weighted by molar-refractivity contribution is -0.139. The van der Waals surface area contributed by atoms with E-state index >= 15 is 0 Å². The number of nitrogens with one attached hydrogen (secondary N) is 4. The first-order chi connectivity index (χ1) is 62.1. The SMILES string of the molecule is COCCOCCOCCOCCOCCOCCOCCOCCOCCOCCOCCOCCOCCOCCOCCOCCOCCOCCOCCOCCOCCOCCOCCOCCNC(=O)C(CCC(=O)O)NC(=O)CCOCCOCCOCCOCCNC(=O)C(CCC(=O)O)NC(=O)CCOCCOCCOCCOCCN. The molecule has 126 heavy (non-hydrogen) atoms.